The first-order valence-electron chi connectivity index (χ1n) is 6.67. The zero-order valence-electron chi connectivity index (χ0n) is 12.4. The Morgan fingerprint density at radius 3 is 2.44 bits per heavy atom. The molecule has 1 fully saturated rings. The molecule has 3 nitrogen and oxygen atoms in total. The largest absolute Gasteiger partial charge is 0.272 e. The lowest BCUT2D eigenvalue weighted by Crippen LogP contribution is -2.39. The van der Waals surface area contributed by atoms with Gasteiger partial charge in [0.05, 0.1) is 17.6 Å². The van der Waals surface area contributed by atoms with Crippen LogP contribution >= 0.6 is 22.6 Å². The Hall–Kier alpha value is 0.160. The van der Waals surface area contributed by atoms with Gasteiger partial charge in [0, 0.05) is 10.3 Å². The van der Waals surface area contributed by atoms with Crippen LogP contribution in [0, 0.1) is 17.3 Å². The number of rotatable bonds is 4. The van der Waals surface area contributed by atoms with Gasteiger partial charge in [-0.15, -0.1) is 0 Å². The van der Waals surface area contributed by atoms with Gasteiger partial charge in [-0.05, 0) is 33.1 Å². The molecule has 106 valence electrons. The molecule has 0 bridgehead atoms. The highest BCUT2D eigenvalue weighted by Gasteiger charge is 2.51. The molecular formula is C14H26INO2. The van der Waals surface area contributed by atoms with Crippen LogP contribution in [0.15, 0.2) is 0 Å². The molecule has 0 aliphatic carbocycles. The molecule has 0 aromatic rings. The minimum atomic E-state index is -0.311. The van der Waals surface area contributed by atoms with Gasteiger partial charge in [-0.25, -0.2) is 5.06 Å². The number of halogens is 1. The van der Waals surface area contributed by atoms with E-state index in [1.165, 1.54) is 0 Å². The van der Waals surface area contributed by atoms with Crippen LogP contribution in [-0.4, -0.2) is 27.5 Å². The number of amides is 1. The second-order valence-corrected chi connectivity index (χ2v) is 7.82. The van der Waals surface area contributed by atoms with Crippen molar-refractivity contribution in [2.75, 3.05) is 11.0 Å². The lowest BCUT2D eigenvalue weighted by Gasteiger charge is -2.30. The molecule has 1 aliphatic rings. The number of hydroxylamine groups is 2. The van der Waals surface area contributed by atoms with Crippen LogP contribution in [-0.2, 0) is 9.63 Å². The first kappa shape index (κ1) is 16.2. The first-order valence-corrected chi connectivity index (χ1v) is 8.20. The van der Waals surface area contributed by atoms with Gasteiger partial charge in [0.15, 0.2) is 0 Å². The fraction of sp³-hybridized carbons (Fsp3) is 0.929. The molecule has 0 aromatic heterocycles. The summed E-state index contributed by atoms with van der Waals surface area (Å²) in [7, 11) is 0. The zero-order valence-corrected chi connectivity index (χ0v) is 14.6. The lowest BCUT2D eigenvalue weighted by atomic mass is 9.74. The number of carbonyl (C=O) groups excluding carboxylic acids is 1. The summed E-state index contributed by atoms with van der Waals surface area (Å²) in [5, 5.41) is 1.60. The summed E-state index contributed by atoms with van der Waals surface area (Å²) in [5.41, 5.74) is -0.574. The van der Waals surface area contributed by atoms with E-state index < -0.39 is 0 Å². The third kappa shape index (κ3) is 3.59. The summed E-state index contributed by atoms with van der Waals surface area (Å²) in [6.45, 7) is 13.1. The van der Waals surface area contributed by atoms with E-state index in [1.54, 1.807) is 5.06 Å². The van der Waals surface area contributed by atoms with Crippen molar-refractivity contribution in [3.8, 4) is 0 Å². The van der Waals surface area contributed by atoms with E-state index in [2.05, 4.69) is 43.4 Å². The van der Waals surface area contributed by atoms with Gasteiger partial charge in [-0.1, -0.05) is 43.4 Å². The molecule has 0 aromatic carbocycles. The van der Waals surface area contributed by atoms with E-state index in [1.807, 2.05) is 20.8 Å². The zero-order chi connectivity index (χ0) is 14.1. The Morgan fingerprint density at radius 1 is 1.50 bits per heavy atom. The van der Waals surface area contributed by atoms with Crippen molar-refractivity contribution in [3.05, 3.63) is 0 Å². The Labute approximate surface area is 125 Å². The lowest BCUT2D eigenvalue weighted by molar-refractivity contribution is -0.221. The number of hydrogen-bond acceptors (Lipinski definition) is 2. The smallest absolute Gasteiger partial charge is 0.252 e. The minimum absolute atomic E-state index is 0.160. The van der Waals surface area contributed by atoms with Gasteiger partial charge in [-0.3, -0.25) is 9.63 Å². The van der Waals surface area contributed by atoms with Crippen LogP contribution in [0.25, 0.3) is 0 Å². The third-order valence-corrected chi connectivity index (χ3v) is 4.47. The number of alkyl halides is 1. The quantitative estimate of drug-likeness (QED) is 0.561. The summed E-state index contributed by atoms with van der Waals surface area (Å²) in [4.78, 5) is 18.4. The predicted octanol–water partition coefficient (Wildman–Crippen LogP) is 3.66. The van der Waals surface area contributed by atoms with Crippen LogP contribution < -0.4 is 0 Å². The molecule has 0 radical (unpaired) electrons. The normalized spacial score (nSPS) is 29.4. The third-order valence-electron chi connectivity index (χ3n) is 3.40. The Bertz CT molecular complexity index is 311. The molecule has 1 aliphatic heterocycles. The fourth-order valence-corrected chi connectivity index (χ4v) is 3.93. The van der Waals surface area contributed by atoms with Crippen LogP contribution in [0.2, 0.25) is 0 Å². The second kappa shape index (κ2) is 5.65. The average molecular weight is 367 g/mol. The van der Waals surface area contributed by atoms with Crippen LogP contribution in [0.3, 0.4) is 0 Å². The van der Waals surface area contributed by atoms with Gasteiger partial charge in [0.2, 0.25) is 0 Å². The van der Waals surface area contributed by atoms with E-state index in [-0.39, 0.29) is 16.9 Å². The molecule has 1 amide bonds. The van der Waals surface area contributed by atoms with Gasteiger partial charge in [0.1, 0.15) is 0 Å². The van der Waals surface area contributed by atoms with Crippen LogP contribution in [0.4, 0.5) is 0 Å². The molecule has 0 N–H and O–H groups in total. The molecular weight excluding hydrogens is 341 g/mol. The molecule has 0 unspecified atom stereocenters. The Balaban J connectivity index is 2.89. The SMILES string of the molecule is CC(C)C[C@]1(C)C(=O)N(OC(C)(C)C)C[C@@H]1CI. The molecule has 18 heavy (non-hydrogen) atoms. The van der Waals surface area contributed by atoms with E-state index in [0.29, 0.717) is 11.8 Å². The monoisotopic (exact) mass is 367 g/mol. The van der Waals surface area contributed by atoms with Crippen molar-refractivity contribution in [1.29, 1.82) is 0 Å². The van der Waals surface area contributed by atoms with Crippen molar-refractivity contribution < 1.29 is 9.63 Å². The molecule has 0 spiro atoms. The summed E-state index contributed by atoms with van der Waals surface area (Å²) >= 11 is 2.38. The molecule has 1 heterocycles. The highest BCUT2D eigenvalue weighted by molar-refractivity contribution is 14.1. The first-order chi connectivity index (χ1) is 8.10. The summed E-state index contributed by atoms with van der Waals surface area (Å²) in [6.07, 6.45) is 0.934. The van der Waals surface area contributed by atoms with Gasteiger partial charge < -0.3 is 0 Å². The van der Waals surface area contributed by atoms with Crippen LogP contribution in [0.5, 0.6) is 0 Å². The molecule has 1 saturated heterocycles. The van der Waals surface area contributed by atoms with Crippen molar-refractivity contribution in [2.24, 2.45) is 17.3 Å². The molecule has 1 rings (SSSR count). The van der Waals surface area contributed by atoms with Crippen LogP contribution in [0.1, 0.15) is 48.0 Å². The van der Waals surface area contributed by atoms with Crippen molar-refractivity contribution >= 4 is 28.5 Å². The standard InChI is InChI=1S/C14H26INO2/c1-10(2)7-14(6)11(8-15)9-16(12(14)17)18-13(3,4)5/h10-11H,7-9H2,1-6H3/t11-,14-/m0/s1. The topological polar surface area (TPSA) is 29.5 Å². The molecule has 4 heteroatoms. The van der Waals surface area contributed by atoms with Crippen molar-refractivity contribution in [3.63, 3.8) is 0 Å². The maximum Gasteiger partial charge on any atom is 0.252 e. The van der Waals surface area contributed by atoms with E-state index in [4.69, 9.17) is 4.84 Å². The highest BCUT2D eigenvalue weighted by atomic mass is 127. The molecule has 0 saturated carbocycles. The molecule has 2 atom stereocenters. The Morgan fingerprint density at radius 2 is 2.06 bits per heavy atom. The van der Waals surface area contributed by atoms with E-state index >= 15 is 0 Å². The Kier molecular flexibility index (Phi) is 5.09. The van der Waals surface area contributed by atoms with Crippen molar-refractivity contribution in [1.82, 2.24) is 5.06 Å². The maximum atomic E-state index is 12.6. The number of carbonyl (C=O) groups is 1. The number of hydrogen-bond donors (Lipinski definition) is 0. The van der Waals surface area contributed by atoms with Gasteiger partial charge in [0.25, 0.3) is 5.91 Å². The van der Waals surface area contributed by atoms with E-state index in [9.17, 15) is 4.79 Å². The second-order valence-electron chi connectivity index (χ2n) is 6.94. The predicted molar refractivity (Wildman–Crippen MR) is 82.5 cm³/mol. The minimum Gasteiger partial charge on any atom is -0.272 e. The van der Waals surface area contributed by atoms with Gasteiger partial charge >= 0.3 is 0 Å². The van der Waals surface area contributed by atoms with E-state index in [0.717, 1.165) is 17.4 Å². The van der Waals surface area contributed by atoms with Gasteiger partial charge in [-0.2, -0.15) is 0 Å². The summed E-state index contributed by atoms with van der Waals surface area (Å²) in [5.74, 6) is 1.07. The average Bonchev–Trinajstić information content (AvgIpc) is 2.39. The highest BCUT2D eigenvalue weighted by Crippen LogP contribution is 2.43. The summed E-state index contributed by atoms with van der Waals surface area (Å²) in [6, 6.07) is 0. The fourth-order valence-electron chi connectivity index (χ4n) is 2.67. The van der Waals surface area contributed by atoms with Crippen molar-refractivity contribution in [2.45, 2.75) is 53.6 Å². The number of nitrogens with zero attached hydrogens (tertiary/aromatic N) is 1. The maximum absolute atomic E-state index is 12.6. The summed E-state index contributed by atoms with van der Waals surface area (Å²) < 4.78 is 0.997.